The molecule has 0 saturated carbocycles. The van der Waals surface area contributed by atoms with Gasteiger partial charge in [0.25, 0.3) is 0 Å². The molecule has 28 heavy (non-hydrogen) atoms. The van der Waals surface area contributed by atoms with Crippen LogP contribution in [0.1, 0.15) is 24.0 Å². The quantitative estimate of drug-likeness (QED) is 0.512. The highest BCUT2D eigenvalue weighted by Gasteiger charge is 2.06. The van der Waals surface area contributed by atoms with E-state index in [0.29, 0.717) is 11.5 Å². The fourth-order valence-corrected chi connectivity index (χ4v) is 2.23. The summed E-state index contributed by atoms with van der Waals surface area (Å²) in [4.78, 5) is 23.6. The number of hydrazone groups is 2. The van der Waals surface area contributed by atoms with Crippen molar-refractivity contribution in [3.8, 4) is 11.5 Å². The van der Waals surface area contributed by atoms with Crippen LogP contribution in [0.2, 0.25) is 0 Å². The molecule has 0 unspecified atom stereocenters. The molecular weight excluding hydrogens is 360 g/mol. The molecule has 0 aromatic heterocycles. The fourth-order valence-electron chi connectivity index (χ4n) is 2.23. The summed E-state index contributed by atoms with van der Waals surface area (Å²) in [5.41, 5.74) is 6.21. The molecule has 2 aromatic rings. The third kappa shape index (κ3) is 6.56. The number of nitrogens with one attached hydrogen (secondary N) is 2. The number of benzene rings is 2. The number of carbonyl (C=O) groups excluding carboxylic acids is 2. The molecule has 0 atom stereocenters. The van der Waals surface area contributed by atoms with Gasteiger partial charge in [-0.1, -0.05) is 24.3 Å². The SMILES string of the molecule is COc1ccccc1/C=N\NC(=O)CCC(=O)N/N=C\c1ccccc1OC. The lowest BCUT2D eigenvalue weighted by atomic mass is 10.2. The smallest absolute Gasteiger partial charge is 0.240 e. The normalized spacial score (nSPS) is 10.8. The summed E-state index contributed by atoms with van der Waals surface area (Å²) >= 11 is 0. The maximum absolute atomic E-state index is 11.8. The standard InChI is InChI=1S/C20H22N4O4/c1-27-17-9-5-3-7-15(17)13-21-23-19(25)11-12-20(26)24-22-14-16-8-4-6-10-18(16)28-2/h3-10,13-14H,11-12H2,1-2H3,(H,23,25)(H,24,26)/b21-13-,22-14-. The van der Waals surface area contributed by atoms with Gasteiger partial charge in [-0.3, -0.25) is 9.59 Å². The van der Waals surface area contributed by atoms with E-state index in [1.54, 1.807) is 26.4 Å². The molecule has 8 heteroatoms. The third-order valence-corrected chi connectivity index (χ3v) is 3.64. The molecule has 0 aliphatic carbocycles. The lowest BCUT2D eigenvalue weighted by Gasteiger charge is -2.04. The number of hydrogen-bond donors (Lipinski definition) is 2. The number of rotatable bonds is 9. The number of carbonyl (C=O) groups is 2. The van der Waals surface area contributed by atoms with Crippen LogP contribution in [-0.4, -0.2) is 38.5 Å². The Morgan fingerprint density at radius 2 is 1.18 bits per heavy atom. The molecule has 0 aliphatic heterocycles. The predicted octanol–water partition coefficient (Wildman–Crippen LogP) is 2.08. The molecule has 0 bridgehead atoms. The zero-order valence-corrected chi connectivity index (χ0v) is 15.7. The Morgan fingerprint density at radius 3 is 1.57 bits per heavy atom. The van der Waals surface area contributed by atoms with E-state index in [1.807, 2.05) is 36.4 Å². The van der Waals surface area contributed by atoms with Crippen LogP contribution < -0.4 is 20.3 Å². The average molecular weight is 382 g/mol. The lowest BCUT2D eigenvalue weighted by molar-refractivity contribution is -0.126. The van der Waals surface area contributed by atoms with Crippen LogP contribution >= 0.6 is 0 Å². The Kier molecular flexibility index (Phi) is 8.19. The van der Waals surface area contributed by atoms with Crippen molar-refractivity contribution in [1.82, 2.24) is 10.9 Å². The number of ether oxygens (including phenoxy) is 2. The molecule has 0 spiro atoms. The average Bonchev–Trinajstić information content (AvgIpc) is 2.73. The number of hydrogen-bond acceptors (Lipinski definition) is 6. The molecule has 0 saturated heterocycles. The van der Waals surface area contributed by atoms with Crippen molar-refractivity contribution in [3.05, 3.63) is 59.7 Å². The van der Waals surface area contributed by atoms with Crippen molar-refractivity contribution < 1.29 is 19.1 Å². The summed E-state index contributed by atoms with van der Waals surface area (Å²) in [6.45, 7) is 0. The second-order valence-corrected chi connectivity index (χ2v) is 5.57. The Morgan fingerprint density at radius 1 is 0.786 bits per heavy atom. The molecule has 2 amide bonds. The van der Waals surface area contributed by atoms with Crippen LogP contribution in [0.5, 0.6) is 11.5 Å². The lowest BCUT2D eigenvalue weighted by Crippen LogP contribution is -2.22. The largest absolute Gasteiger partial charge is 0.496 e. The van der Waals surface area contributed by atoms with Crippen molar-refractivity contribution in [2.45, 2.75) is 12.8 Å². The van der Waals surface area contributed by atoms with Gasteiger partial charge < -0.3 is 9.47 Å². The minimum absolute atomic E-state index is 0.0146. The first-order valence-corrected chi connectivity index (χ1v) is 8.54. The Hall–Kier alpha value is -3.68. The van der Waals surface area contributed by atoms with Gasteiger partial charge in [0, 0.05) is 24.0 Å². The van der Waals surface area contributed by atoms with Crippen LogP contribution in [0.4, 0.5) is 0 Å². The number of methoxy groups -OCH3 is 2. The van der Waals surface area contributed by atoms with Crippen molar-refractivity contribution >= 4 is 24.2 Å². The number of amides is 2. The van der Waals surface area contributed by atoms with E-state index in [2.05, 4.69) is 21.1 Å². The van der Waals surface area contributed by atoms with E-state index in [9.17, 15) is 9.59 Å². The zero-order valence-electron chi connectivity index (χ0n) is 15.7. The van der Waals surface area contributed by atoms with Gasteiger partial charge in [-0.15, -0.1) is 0 Å². The molecule has 0 aliphatic rings. The van der Waals surface area contributed by atoms with Gasteiger partial charge >= 0.3 is 0 Å². The van der Waals surface area contributed by atoms with E-state index < -0.39 is 0 Å². The van der Waals surface area contributed by atoms with Crippen molar-refractivity contribution in [2.75, 3.05) is 14.2 Å². The summed E-state index contributed by atoms with van der Waals surface area (Å²) in [5.74, 6) is 0.533. The van der Waals surface area contributed by atoms with E-state index in [1.165, 1.54) is 12.4 Å². The molecule has 2 aromatic carbocycles. The van der Waals surface area contributed by atoms with E-state index in [4.69, 9.17) is 9.47 Å². The van der Waals surface area contributed by atoms with E-state index in [0.717, 1.165) is 11.1 Å². The van der Waals surface area contributed by atoms with Crippen LogP contribution in [0.15, 0.2) is 58.7 Å². The number of para-hydroxylation sites is 2. The third-order valence-electron chi connectivity index (χ3n) is 3.64. The molecule has 0 fully saturated rings. The Balaban J connectivity index is 1.74. The second-order valence-electron chi connectivity index (χ2n) is 5.57. The molecule has 8 nitrogen and oxygen atoms in total. The van der Waals surface area contributed by atoms with Gasteiger partial charge in [0.15, 0.2) is 0 Å². The van der Waals surface area contributed by atoms with E-state index >= 15 is 0 Å². The van der Waals surface area contributed by atoms with Crippen LogP contribution in [0.3, 0.4) is 0 Å². The summed E-state index contributed by atoms with van der Waals surface area (Å²) in [5, 5.41) is 7.74. The van der Waals surface area contributed by atoms with Crippen molar-refractivity contribution in [2.24, 2.45) is 10.2 Å². The first-order chi connectivity index (χ1) is 13.6. The van der Waals surface area contributed by atoms with Crippen molar-refractivity contribution in [1.29, 1.82) is 0 Å². The van der Waals surface area contributed by atoms with Gasteiger partial charge in [-0.05, 0) is 24.3 Å². The molecule has 2 rings (SSSR count). The molecule has 146 valence electrons. The summed E-state index contributed by atoms with van der Waals surface area (Å²) < 4.78 is 10.4. The minimum atomic E-state index is -0.380. The number of nitrogens with zero attached hydrogens (tertiary/aromatic N) is 2. The fraction of sp³-hybridized carbons (Fsp3) is 0.200. The van der Waals surface area contributed by atoms with Crippen LogP contribution in [0, 0.1) is 0 Å². The van der Waals surface area contributed by atoms with Gasteiger partial charge in [0.1, 0.15) is 11.5 Å². The first kappa shape index (κ1) is 20.6. The summed E-state index contributed by atoms with van der Waals surface area (Å²) in [6, 6.07) is 14.5. The summed E-state index contributed by atoms with van der Waals surface area (Å²) in [6.07, 6.45) is 2.93. The van der Waals surface area contributed by atoms with E-state index in [-0.39, 0.29) is 24.7 Å². The topological polar surface area (TPSA) is 101 Å². The van der Waals surface area contributed by atoms with Crippen molar-refractivity contribution in [3.63, 3.8) is 0 Å². The second kappa shape index (κ2) is 11.1. The Labute approximate surface area is 163 Å². The molecule has 0 radical (unpaired) electrons. The van der Waals surface area contributed by atoms with Gasteiger partial charge in [-0.2, -0.15) is 10.2 Å². The highest BCUT2D eigenvalue weighted by atomic mass is 16.5. The Bertz CT molecular complexity index is 793. The molecule has 0 heterocycles. The maximum atomic E-state index is 11.8. The van der Waals surface area contributed by atoms with Gasteiger partial charge in [-0.25, -0.2) is 10.9 Å². The maximum Gasteiger partial charge on any atom is 0.240 e. The predicted molar refractivity (Wildman–Crippen MR) is 107 cm³/mol. The summed E-state index contributed by atoms with van der Waals surface area (Å²) in [7, 11) is 3.11. The monoisotopic (exact) mass is 382 g/mol. The van der Waals surface area contributed by atoms with Crippen LogP contribution in [-0.2, 0) is 9.59 Å². The van der Waals surface area contributed by atoms with Gasteiger partial charge in [0.05, 0.1) is 26.6 Å². The van der Waals surface area contributed by atoms with Crippen LogP contribution in [0.25, 0.3) is 0 Å². The highest BCUT2D eigenvalue weighted by Crippen LogP contribution is 2.15. The highest BCUT2D eigenvalue weighted by molar-refractivity contribution is 5.88. The molecule has 2 N–H and O–H groups in total. The molecular formula is C20H22N4O4. The zero-order chi connectivity index (χ0) is 20.2. The van der Waals surface area contributed by atoms with Gasteiger partial charge in [0.2, 0.25) is 11.8 Å². The first-order valence-electron chi connectivity index (χ1n) is 8.54. The minimum Gasteiger partial charge on any atom is -0.496 e.